The van der Waals surface area contributed by atoms with Crippen molar-refractivity contribution in [3.05, 3.63) is 29.3 Å². The number of carboxylic acid groups (broad SMARTS) is 1. The summed E-state index contributed by atoms with van der Waals surface area (Å²) in [6.07, 6.45) is 0. The molecule has 1 aromatic rings. The highest BCUT2D eigenvalue weighted by atomic mass is 32.2. The second-order valence-corrected chi connectivity index (χ2v) is 7.58. The summed E-state index contributed by atoms with van der Waals surface area (Å²) in [7, 11) is -0.0122. The van der Waals surface area contributed by atoms with Gasteiger partial charge in [0, 0.05) is 12.1 Å². The molecule has 0 fully saturated rings. The van der Waals surface area contributed by atoms with Crippen LogP contribution in [0.15, 0.2) is 23.1 Å². The quantitative estimate of drug-likeness (QED) is 0.827. The van der Waals surface area contributed by atoms with Gasteiger partial charge in [-0.05, 0) is 52.6 Å². The molecule has 0 atom stereocenters. The Morgan fingerprint density at radius 3 is 2.38 bits per heavy atom. The first-order valence-electron chi connectivity index (χ1n) is 6.48. The molecule has 21 heavy (non-hydrogen) atoms. The van der Waals surface area contributed by atoms with E-state index in [2.05, 4.69) is 4.72 Å². The van der Waals surface area contributed by atoms with Crippen molar-refractivity contribution in [1.82, 2.24) is 9.62 Å². The smallest absolute Gasteiger partial charge is 0.335 e. The average Bonchev–Trinajstić information content (AvgIpc) is 2.36. The molecule has 0 bridgehead atoms. The largest absolute Gasteiger partial charge is 0.478 e. The summed E-state index contributed by atoms with van der Waals surface area (Å²) < 4.78 is 27.1. The minimum atomic E-state index is -3.74. The molecule has 1 aromatic carbocycles. The van der Waals surface area contributed by atoms with Crippen molar-refractivity contribution >= 4 is 16.0 Å². The number of likely N-dealkylation sites (N-methyl/N-ethyl adjacent to an activating group) is 1. The fraction of sp³-hybridized carbons (Fsp3) is 0.500. The molecule has 7 heteroatoms. The minimum absolute atomic E-state index is 0.00950. The topological polar surface area (TPSA) is 86.7 Å². The number of sulfonamides is 1. The lowest BCUT2D eigenvalue weighted by atomic mass is 10.1. The molecule has 0 aliphatic carbocycles. The van der Waals surface area contributed by atoms with Gasteiger partial charge < -0.3 is 10.0 Å². The van der Waals surface area contributed by atoms with Crippen LogP contribution in [0.25, 0.3) is 0 Å². The highest BCUT2D eigenvalue weighted by Gasteiger charge is 2.24. The lowest BCUT2D eigenvalue weighted by Crippen LogP contribution is -2.48. The molecule has 0 radical (unpaired) electrons. The van der Waals surface area contributed by atoms with E-state index in [1.807, 2.05) is 32.8 Å². The van der Waals surface area contributed by atoms with Crippen LogP contribution < -0.4 is 4.72 Å². The van der Waals surface area contributed by atoms with Crippen molar-refractivity contribution in [2.24, 2.45) is 0 Å². The predicted molar refractivity (Wildman–Crippen MR) is 81.1 cm³/mol. The fourth-order valence-electron chi connectivity index (χ4n) is 1.51. The number of carbonyl (C=O) groups is 1. The number of carboxylic acids is 1. The van der Waals surface area contributed by atoms with Crippen LogP contribution in [0.5, 0.6) is 0 Å². The van der Waals surface area contributed by atoms with Crippen LogP contribution in [0.2, 0.25) is 0 Å². The van der Waals surface area contributed by atoms with Gasteiger partial charge in [0.1, 0.15) is 0 Å². The van der Waals surface area contributed by atoms with Gasteiger partial charge in [-0.15, -0.1) is 0 Å². The maximum Gasteiger partial charge on any atom is 0.335 e. The highest BCUT2D eigenvalue weighted by Crippen LogP contribution is 2.17. The summed E-state index contributed by atoms with van der Waals surface area (Å²) in [6.45, 7) is 5.67. The van der Waals surface area contributed by atoms with Crippen molar-refractivity contribution in [2.45, 2.75) is 31.2 Å². The van der Waals surface area contributed by atoms with Crippen molar-refractivity contribution in [2.75, 3.05) is 20.6 Å². The average molecular weight is 314 g/mol. The highest BCUT2D eigenvalue weighted by molar-refractivity contribution is 7.89. The molecule has 0 spiro atoms. The summed E-state index contributed by atoms with van der Waals surface area (Å²) in [6, 6.07) is 4.09. The lowest BCUT2D eigenvalue weighted by Gasteiger charge is -2.32. The van der Waals surface area contributed by atoms with Gasteiger partial charge in [0.05, 0.1) is 10.5 Å². The van der Waals surface area contributed by atoms with Crippen LogP contribution in [0.4, 0.5) is 0 Å². The molecule has 0 amide bonds. The molecule has 0 heterocycles. The van der Waals surface area contributed by atoms with Gasteiger partial charge in [-0.3, -0.25) is 0 Å². The van der Waals surface area contributed by atoms with Gasteiger partial charge in [-0.1, -0.05) is 6.07 Å². The number of hydrogen-bond acceptors (Lipinski definition) is 4. The molecular formula is C14H22N2O4S. The summed E-state index contributed by atoms with van der Waals surface area (Å²) >= 11 is 0. The molecule has 1 rings (SSSR count). The second kappa shape index (κ2) is 6.13. The van der Waals surface area contributed by atoms with E-state index in [-0.39, 0.29) is 22.5 Å². The number of nitrogens with zero attached hydrogens (tertiary/aromatic N) is 1. The fourth-order valence-corrected chi connectivity index (χ4v) is 2.74. The summed E-state index contributed by atoms with van der Waals surface area (Å²) in [5.74, 6) is -1.14. The number of rotatable bonds is 6. The van der Waals surface area contributed by atoms with E-state index in [1.165, 1.54) is 18.2 Å². The van der Waals surface area contributed by atoms with E-state index in [1.54, 1.807) is 6.92 Å². The number of aromatic carboxylic acids is 1. The number of benzene rings is 1. The van der Waals surface area contributed by atoms with Crippen LogP contribution in [0, 0.1) is 6.92 Å². The van der Waals surface area contributed by atoms with Crippen LogP contribution in [-0.2, 0) is 10.0 Å². The van der Waals surface area contributed by atoms with Crippen molar-refractivity contribution in [3.63, 3.8) is 0 Å². The lowest BCUT2D eigenvalue weighted by molar-refractivity contribution is 0.0696. The SMILES string of the molecule is Cc1ccc(S(=O)(=O)NCC(C)(C)N(C)C)cc1C(=O)O. The molecule has 0 aliphatic rings. The zero-order valence-corrected chi connectivity index (χ0v) is 13.8. The third-order valence-electron chi connectivity index (χ3n) is 3.66. The van der Waals surface area contributed by atoms with E-state index in [0.29, 0.717) is 5.56 Å². The van der Waals surface area contributed by atoms with E-state index in [4.69, 9.17) is 5.11 Å². The molecule has 6 nitrogen and oxygen atoms in total. The second-order valence-electron chi connectivity index (χ2n) is 5.81. The van der Waals surface area contributed by atoms with Crippen molar-refractivity contribution in [3.8, 4) is 0 Å². The van der Waals surface area contributed by atoms with Crippen LogP contribution in [-0.4, -0.2) is 50.6 Å². The maximum absolute atomic E-state index is 12.3. The van der Waals surface area contributed by atoms with Crippen molar-refractivity contribution < 1.29 is 18.3 Å². The Balaban J connectivity index is 3.04. The Labute approximate surface area is 125 Å². The van der Waals surface area contributed by atoms with Gasteiger partial charge in [0.25, 0.3) is 0 Å². The molecule has 0 unspecified atom stereocenters. The molecule has 118 valence electrons. The molecule has 0 saturated carbocycles. The Morgan fingerprint density at radius 1 is 1.33 bits per heavy atom. The summed E-state index contributed by atoms with van der Waals surface area (Å²) in [5, 5.41) is 9.07. The first-order valence-corrected chi connectivity index (χ1v) is 7.97. The van der Waals surface area contributed by atoms with Gasteiger partial charge in [0.15, 0.2) is 0 Å². The summed E-state index contributed by atoms with van der Waals surface area (Å²) in [5.41, 5.74) is 0.160. The molecular weight excluding hydrogens is 292 g/mol. The third-order valence-corrected chi connectivity index (χ3v) is 5.05. The van der Waals surface area contributed by atoms with E-state index in [9.17, 15) is 13.2 Å². The number of nitrogens with one attached hydrogen (secondary N) is 1. The normalized spacial score (nSPS) is 12.7. The zero-order valence-electron chi connectivity index (χ0n) is 13.0. The van der Waals surface area contributed by atoms with Crippen LogP contribution >= 0.6 is 0 Å². The van der Waals surface area contributed by atoms with Gasteiger partial charge in [-0.2, -0.15) is 0 Å². The standard InChI is InChI=1S/C14H22N2O4S/c1-10-6-7-11(8-12(10)13(17)18)21(19,20)15-9-14(2,3)16(4)5/h6-8,15H,9H2,1-5H3,(H,17,18). The number of aryl methyl sites for hydroxylation is 1. The third kappa shape index (κ3) is 4.26. The molecule has 0 aliphatic heterocycles. The van der Waals surface area contributed by atoms with E-state index >= 15 is 0 Å². The van der Waals surface area contributed by atoms with E-state index in [0.717, 1.165) is 0 Å². The van der Waals surface area contributed by atoms with Crippen molar-refractivity contribution in [1.29, 1.82) is 0 Å². The molecule has 0 saturated heterocycles. The Hall–Kier alpha value is -1.44. The first kappa shape index (κ1) is 17.6. The maximum atomic E-state index is 12.3. The van der Waals surface area contributed by atoms with Gasteiger partial charge >= 0.3 is 5.97 Å². The monoisotopic (exact) mass is 314 g/mol. The number of hydrogen-bond donors (Lipinski definition) is 2. The van der Waals surface area contributed by atoms with E-state index < -0.39 is 16.0 Å². The van der Waals surface area contributed by atoms with Gasteiger partial charge in [0.2, 0.25) is 10.0 Å². The summed E-state index contributed by atoms with van der Waals surface area (Å²) in [4.78, 5) is 13.0. The minimum Gasteiger partial charge on any atom is -0.478 e. The zero-order chi connectivity index (χ0) is 16.4. The van der Waals surface area contributed by atoms with Crippen LogP contribution in [0.1, 0.15) is 29.8 Å². The Bertz CT molecular complexity index is 636. The van der Waals surface area contributed by atoms with Gasteiger partial charge in [-0.25, -0.2) is 17.9 Å². The molecule has 0 aromatic heterocycles. The van der Waals surface area contributed by atoms with Crippen LogP contribution in [0.3, 0.4) is 0 Å². The Kier molecular flexibility index (Phi) is 5.14. The molecule has 2 N–H and O–H groups in total. The predicted octanol–water partition coefficient (Wildman–Crippen LogP) is 1.31. The first-order chi connectivity index (χ1) is 9.47. The Morgan fingerprint density at radius 2 is 1.90 bits per heavy atom.